The van der Waals surface area contributed by atoms with Gasteiger partial charge in [-0.05, 0) is 44.2 Å². The predicted molar refractivity (Wildman–Crippen MR) is 133 cm³/mol. The topological polar surface area (TPSA) is 152 Å². The molecule has 2 aliphatic rings. The number of aryl methyl sites for hydroxylation is 1. The van der Waals surface area contributed by atoms with Crippen LogP contribution in [0, 0.1) is 12.8 Å². The molecule has 2 amide bonds. The molecule has 2 atom stereocenters. The highest BCUT2D eigenvalue weighted by molar-refractivity contribution is 7.89. The maximum Gasteiger partial charge on any atom is 0.260 e. The Hall–Kier alpha value is -3.12. The van der Waals surface area contributed by atoms with Gasteiger partial charge in [-0.1, -0.05) is 43.3 Å². The number of hydrogen-bond acceptors (Lipinski definition) is 8. The molecular weight excluding hydrogens is 498 g/mol. The van der Waals surface area contributed by atoms with Gasteiger partial charge in [0.1, 0.15) is 17.9 Å². The monoisotopic (exact) mass is 531 g/mol. The van der Waals surface area contributed by atoms with Crippen LogP contribution in [-0.2, 0) is 19.6 Å². The van der Waals surface area contributed by atoms with Crippen molar-refractivity contribution >= 4 is 27.6 Å². The molecule has 2 aromatic rings. The first-order valence-electron chi connectivity index (χ1n) is 12.7. The third kappa shape index (κ3) is 6.61. The average molecular weight is 532 g/mol. The van der Waals surface area contributed by atoms with E-state index in [4.69, 9.17) is 4.52 Å². The first-order chi connectivity index (χ1) is 17.8. The molecule has 0 aromatic carbocycles. The van der Waals surface area contributed by atoms with E-state index >= 15 is 0 Å². The molecule has 1 saturated carbocycles. The van der Waals surface area contributed by atoms with E-state index in [1.165, 1.54) is 18.5 Å². The van der Waals surface area contributed by atoms with Crippen molar-refractivity contribution in [3.8, 4) is 0 Å². The second-order valence-corrected chi connectivity index (χ2v) is 11.6. The first-order valence-corrected chi connectivity index (χ1v) is 14.2. The van der Waals surface area contributed by atoms with Crippen molar-refractivity contribution in [1.82, 2.24) is 25.1 Å². The van der Waals surface area contributed by atoms with Crippen molar-refractivity contribution in [2.45, 2.75) is 75.4 Å². The van der Waals surface area contributed by atoms with Gasteiger partial charge in [-0.3, -0.25) is 14.4 Å². The lowest BCUT2D eigenvalue weighted by atomic mass is 9.84. The molecule has 0 bridgehead atoms. The summed E-state index contributed by atoms with van der Waals surface area (Å²) in [5.41, 5.74) is 0.671. The Morgan fingerprint density at radius 3 is 2.62 bits per heavy atom. The highest BCUT2D eigenvalue weighted by atomic mass is 32.2. The normalized spacial score (nSPS) is 20.7. The largest absolute Gasteiger partial charge is 0.364 e. The van der Waals surface area contributed by atoms with Gasteiger partial charge >= 0.3 is 0 Å². The molecule has 2 N–H and O–H groups in total. The minimum atomic E-state index is -3.93. The minimum Gasteiger partial charge on any atom is -0.364 e. The molecule has 3 heterocycles. The lowest BCUT2D eigenvalue weighted by molar-refractivity contribution is -0.129. The summed E-state index contributed by atoms with van der Waals surface area (Å²) in [5.74, 6) is -1.03. The number of nitrogens with one attached hydrogen (secondary N) is 2. The first kappa shape index (κ1) is 26.9. The highest BCUT2D eigenvalue weighted by Crippen LogP contribution is 2.28. The van der Waals surface area contributed by atoms with Crippen molar-refractivity contribution in [3.63, 3.8) is 0 Å². The fraction of sp³-hybridized carbons (Fsp3) is 0.560. The maximum absolute atomic E-state index is 13.4. The van der Waals surface area contributed by atoms with E-state index in [1.807, 2.05) is 0 Å². The van der Waals surface area contributed by atoms with E-state index < -0.39 is 39.7 Å². The van der Waals surface area contributed by atoms with Crippen LogP contribution in [0.15, 0.2) is 40.2 Å². The third-order valence-corrected chi connectivity index (χ3v) is 8.85. The number of carbonyl (C=O) groups is 3. The van der Waals surface area contributed by atoms with E-state index in [2.05, 4.69) is 20.8 Å². The van der Waals surface area contributed by atoms with Gasteiger partial charge in [-0.2, -0.15) is 4.31 Å². The number of aromatic nitrogens is 2. The Morgan fingerprint density at radius 1 is 1.16 bits per heavy atom. The third-order valence-electron chi connectivity index (χ3n) is 7.09. The molecule has 1 aliphatic carbocycles. The Balaban J connectivity index is 1.45. The Labute approximate surface area is 216 Å². The second-order valence-electron chi connectivity index (χ2n) is 9.76. The van der Waals surface area contributed by atoms with E-state index in [-0.39, 0.29) is 29.6 Å². The second kappa shape index (κ2) is 12.0. The number of rotatable bonds is 8. The minimum absolute atomic E-state index is 0.121. The molecule has 200 valence electrons. The number of sulfonamides is 1. The number of ketones is 1. The van der Waals surface area contributed by atoms with Gasteiger partial charge in [-0.25, -0.2) is 13.4 Å². The molecular formula is C25H33N5O6S. The van der Waals surface area contributed by atoms with Gasteiger partial charge in [0.15, 0.2) is 10.8 Å². The zero-order chi connectivity index (χ0) is 26.4. The van der Waals surface area contributed by atoms with Crippen molar-refractivity contribution < 1.29 is 27.3 Å². The van der Waals surface area contributed by atoms with Gasteiger partial charge < -0.3 is 15.2 Å². The number of hydrogen-bond donors (Lipinski definition) is 2. The number of nitrogens with zero attached hydrogens (tertiary/aromatic N) is 3. The van der Waals surface area contributed by atoms with Gasteiger partial charge in [0.05, 0.1) is 18.3 Å². The summed E-state index contributed by atoms with van der Waals surface area (Å²) < 4.78 is 31.9. The summed E-state index contributed by atoms with van der Waals surface area (Å²) in [6.45, 7) is 1.43. The Bertz CT molecular complexity index is 1210. The van der Waals surface area contributed by atoms with Crippen LogP contribution in [0.5, 0.6) is 0 Å². The zero-order valence-electron chi connectivity index (χ0n) is 20.9. The lowest BCUT2D eigenvalue weighted by Gasteiger charge is -2.27. The van der Waals surface area contributed by atoms with E-state index in [0.29, 0.717) is 25.0 Å². The molecule has 2 fully saturated rings. The number of Topliss-reactive ketones (excluding diaryl/α,β-unsaturated/α-hetero) is 1. The molecule has 0 spiro atoms. The van der Waals surface area contributed by atoms with Crippen LogP contribution in [0.4, 0.5) is 0 Å². The molecule has 1 aliphatic heterocycles. The van der Waals surface area contributed by atoms with E-state index in [1.54, 1.807) is 19.1 Å². The highest BCUT2D eigenvalue weighted by Gasteiger charge is 2.35. The summed E-state index contributed by atoms with van der Waals surface area (Å²) in [5, 5.41) is 9.21. The fourth-order valence-corrected chi connectivity index (χ4v) is 6.37. The Kier molecular flexibility index (Phi) is 8.70. The van der Waals surface area contributed by atoms with Crippen LogP contribution >= 0.6 is 0 Å². The number of carbonyl (C=O) groups excluding carboxylic acids is 3. The predicted octanol–water partition coefficient (Wildman–Crippen LogP) is 1.99. The summed E-state index contributed by atoms with van der Waals surface area (Å²) in [7, 11) is -3.93. The smallest absolute Gasteiger partial charge is 0.260 e. The van der Waals surface area contributed by atoms with Crippen LogP contribution in [0.3, 0.4) is 0 Å². The summed E-state index contributed by atoms with van der Waals surface area (Å²) in [4.78, 5) is 43.2. The molecule has 1 saturated heterocycles. The van der Waals surface area contributed by atoms with Gasteiger partial charge in [-0.15, -0.1) is 0 Å². The van der Waals surface area contributed by atoms with Crippen LogP contribution in [0.25, 0.3) is 0 Å². The van der Waals surface area contributed by atoms with Crippen molar-refractivity contribution in [1.29, 1.82) is 0 Å². The summed E-state index contributed by atoms with van der Waals surface area (Å²) in [6, 6.07) is 2.89. The van der Waals surface area contributed by atoms with Crippen LogP contribution in [-0.4, -0.2) is 65.6 Å². The van der Waals surface area contributed by atoms with Crippen molar-refractivity contribution in [2.75, 3.05) is 13.1 Å². The Morgan fingerprint density at radius 2 is 1.95 bits per heavy atom. The zero-order valence-corrected chi connectivity index (χ0v) is 21.7. The molecule has 2 aromatic heterocycles. The maximum atomic E-state index is 13.4. The van der Waals surface area contributed by atoms with Crippen molar-refractivity contribution in [2.24, 2.45) is 5.92 Å². The van der Waals surface area contributed by atoms with Gasteiger partial charge in [0.25, 0.3) is 15.9 Å². The average Bonchev–Trinajstić information content (AvgIpc) is 3.24. The standard InChI is InChI=1S/C25H33N5O6S/c1-17-19(16-36-29-17)24(32)28-21(14-18-8-3-2-4-9-18)25(33)27-20-10-7-13-30(15-22(20)31)37(34,35)23-11-5-6-12-26-23/h5-6,11-12,16,18,20-21H,2-4,7-10,13-15H2,1H3,(H,27,33)(H,28,32)/t20-,21-/m0/s1. The molecule has 0 unspecified atom stereocenters. The van der Waals surface area contributed by atoms with Crippen molar-refractivity contribution in [3.05, 3.63) is 41.9 Å². The number of amides is 2. The molecule has 11 nitrogen and oxygen atoms in total. The van der Waals surface area contributed by atoms with Crippen LogP contribution in [0.2, 0.25) is 0 Å². The number of pyridine rings is 1. The van der Waals surface area contributed by atoms with Crippen LogP contribution < -0.4 is 10.6 Å². The summed E-state index contributed by atoms with van der Waals surface area (Å²) in [6.07, 6.45) is 9.07. The molecule has 0 radical (unpaired) electrons. The fourth-order valence-electron chi connectivity index (χ4n) is 4.99. The SMILES string of the molecule is Cc1nocc1C(=O)N[C@@H](CC1CCCCC1)C(=O)N[C@H]1CCCN(S(=O)(=O)c2ccccn2)CC1=O. The molecule has 4 rings (SSSR count). The van der Waals surface area contributed by atoms with E-state index in [0.717, 1.165) is 36.4 Å². The molecule has 37 heavy (non-hydrogen) atoms. The quantitative estimate of drug-likeness (QED) is 0.525. The molecule has 12 heteroatoms. The van der Waals surface area contributed by atoms with E-state index in [9.17, 15) is 22.8 Å². The lowest BCUT2D eigenvalue weighted by Crippen LogP contribution is -2.53. The van der Waals surface area contributed by atoms with Gasteiger partial charge in [0, 0.05) is 12.7 Å². The van der Waals surface area contributed by atoms with Gasteiger partial charge in [0.2, 0.25) is 5.91 Å². The van der Waals surface area contributed by atoms with Crippen LogP contribution in [0.1, 0.15) is 67.4 Å². The summed E-state index contributed by atoms with van der Waals surface area (Å²) >= 11 is 0.